The summed E-state index contributed by atoms with van der Waals surface area (Å²) in [6, 6.07) is 0. The normalized spacial score (nSPS) is 9.92. The van der Waals surface area contributed by atoms with E-state index in [0.717, 1.165) is 6.08 Å². The number of ketones is 1. The third-order valence-corrected chi connectivity index (χ3v) is 1.46. The van der Waals surface area contributed by atoms with Crippen molar-refractivity contribution in [3.8, 4) is 0 Å². The van der Waals surface area contributed by atoms with Crippen molar-refractivity contribution in [2.24, 2.45) is 0 Å². The van der Waals surface area contributed by atoms with Crippen LogP contribution >= 0.6 is 0 Å². The Balaban J connectivity index is 0.00000144. The Morgan fingerprint density at radius 3 is 2.92 bits per heavy atom. The number of rotatable bonds is 3. The van der Waals surface area contributed by atoms with Gasteiger partial charge in [0.2, 0.25) is 0 Å². The van der Waals surface area contributed by atoms with Crippen molar-refractivity contribution < 1.29 is 39.5 Å². The Labute approximate surface area is 98.5 Å². The zero-order chi connectivity index (χ0) is 8.97. The second kappa shape index (κ2) is 5.96. The second-order valence-corrected chi connectivity index (χ2v) is 2.25. The maximum absolute atomic E-state index is 11.0. The van der Waals surface area contributed by atoms with E-state index in [0.29, 0.717) is 18.4 Å². The van der Waals surface area contributed by atoms with E-state index >= 15 is 0 Å². The number of aryl methyl sites for hydroxylation is 1. The zero-order valence-electron chi connectivity index (χ0n) is 7.73. The molecule has 0 radical (unpaired) electrons. The number of carbonyl (C=O) groups is 1. The maximum Gasteiger partial charge on any atom is 1.00 e. The molecule has 1 heterocycles. The Hall–Kier alpha value is -0.580. The van der Waals surface area contributed by atoms with Gasteiger partial charge in [0, 0.05) is 12.7 Å². The fourth-order valence-electron chi connectivity index (χ4n) is 0.822. The maximum atomic E-state index is 11.0. The van der Waals surface area contributed by atoms with Crippen LogP contribution in [0.15, 0.2) is 24.7 Å². The first-order chi connectivity index (χ1) is 5.77. The molecule has 0 bridgehead atoms. The average Bonchev–Trinajstić information content (AvgIpc) is 2.52. The molecule has 4 nitrogen and oxygen atoms in total. The topological polar surface area (TPSA) is 58.0 Å². The molecule has 0 unspecified atom stereocenters. The van der Waals surface area contributed by atoms with E-state index < -0.39 is 0 Å². The van der Waals surface area contributed by atoms with Crippen molar-refractivity contribution in [3.63, 3.8) is 0 Å². The van der Waals surface area contributed by atoms with E-state index in [9.17, 15) is 9.90 Å². The van der Waals surface area contributed by atoms with Crippen LogP contribution in [-0.4, -0.2) is 15.6 Å². The van der Waals surface area contributed by atoms with Crippen LogP contribution < -0.4 is 34.7 Å². The van der Waals surface area contributed by atoms with Gasteiger partial charge in [-0.15, -0.1) is 6.26 Å². The molecule has 1 rings (SSSR count). The van der Waals surface area contributed by atoms with Crippen LogP contribution in [0, 0.1) is 0 Å². The van der Waals surface area contributed by atoms with Gasteiger partial charge in [-0.2, -0.15) is 5.10 Å². The number of hydrogen-bond donors (Lipinski definition) is 0. The predicted octanol–water partition coefficient (Wildman–Crippen LogP) is -3.04. The Kier molecular flexibility index (Phi) is 5.70. The van der Waals surface area contributed by atoms with Gasteiger partial charge < -0.3 is 5.11 Å². The monoisotopic (exact) mass is 188 g/mol. The molecular weight excluding hydrogens is 179 g/mol. The Bertz CT molecular complexity index is 307. The van der Waals surface area contributed by atoms with Gasteiger partial charge in [0.1, 0.15) is 0 Å². The van der Waals surface area contributed by atoms with Gasteiger partial charge in [0.25, 0.3) is 0 Å². The minimum atomic E-state index is -0.301. The summed E-state index contributed by atoms with van der Waals surface area (Å²) in [4.78, 5) is 11.0. The van der Waals surface area contributed by atoms with E-state index in [1.54, 1.807) is 10.9 Å². The molecule has 0 saturated carbocycles. The molecule has 0 saturated heterocycles. The van der Waals surface area contributed by atoms with E-state index in [1.807, 2.05) is 6.92 Å². The van der Waals surface area contributed by atoms with E-state index in [-0.39, 0.29) is 35.3 Å². The van der Waals surface area contributed by atoms with Crippen molar-refractivity contribution in [2.75, 3.05) is 0 Å². The molecule has 0 aliphatic rings. The zero-order valence-corrected chi connectivity index (χ0v) is 9.73. The molecule has 1 aromatic heterocycles. The number of aromatic nitrogens is 2. The van der Waals surface area contributed by atoms with Gasteiger partial charge in [-0.1, -0.05) is 0 Å². The smallest absolute Gasteiger partial charge is 0.878 e. The molecule has 0 aliphatic heterocycles. The van der Waals surface area contributed by atoms with Crippen LogP contribution in [0.5, 0.6) is 0 Å². The Morgan fingerprint density at radius 2 is 2.46 bits per heavy atom. The van der Waals surface area contributed by atoms with Crippen molar-refractivity contribution >= 4 is 5.78 Å². The average molecular weight is 188 g/mol. The molecule has 0 aliphatic carbocycles. The van der Waals surface area contributed by atoms with Gasteiger partial charge in [-0.05, 0) is 13.0 Å². The summed E-state index contributed by atoms with van der Waals surface area (Å²) in [5.41, 5.74) is 0.448. The molecule has 0 spiro atoms. The molecule has 1 aromatic rings. The number of allylic oxidation sites excluding steroid dienone is 1. The third kappa shape index (κ3) is 3.34. The summed E-state index contributed by atoms with van der Waals surface area (Å²) in [5.74, 6) is -0.301. The standard InChI is InChI=1S/C8H10N2O2.Na/c1-2-10-6-7(5-9-10)8(12)3-4-11;/h3-6,11H,2H2,1H3;/q;+1/p-1. The molecule has 0 N–H and O–H groups in total. The number of carbonyl (C=O) groups excluding carboxylic acids is 1. The van der Waals surface area contributed by atoms with Crippen molar-refractivity contribution in [2.45, 2.75) is 13.5 Å². The first-order valence-electron chi connectivity index (χ1n) is 3.63. The molecule has 13 heavy (non-hydrogen) atoms. The molecule has 64 valence electrons. The largest absolute Gasteiger partial charge is 1.00 e. The van der Waals surface area contributed by atoms with Crippen molar-refractivity contribution in [1.29, 1.82) is 0 Å². The predicted molar refractivity (Wildman–Crippen MR) is 41.4 cm³/mol. The second-order valence-electron chi connectivity index (χ2n) is 2.25. The summed E-state index contributed by atoms with van der Waals surface area (Å²) in [6.45, 7) is 2.64. The van der Waals surface area contributed by atoms with Crippen LogP contribution in [0.25, 0.3) is 0 Å². The van der Waals surface area contributed by atoms with Crippen LogP contribution in [-0.2, 0) is 6.54 Å². The number of hydrogen-bond acceptors (Lipinski definition) is 3. The van der Waals surface area contributed by atoms with Gasteiger partial charge in [0.05, 0.1) is 11.8 Å². The summed E-state index contributed by atoms with van der Waals surface area (Å²) in [5, 5.41) is 13.9. The summed E-state index contributed by atoms with van der Waals surface area (Å²) >= 11 is 0. The fourth-order valence-corrected chi connectivity index (χ4v) is 0.822. The SMILES string of the molecule is CCn1cc(C(=O)C=C[O-])cn1.[Na+]. The molecule has 0 atom stereocenters. The first-order valence-corrected chi connectivity index (χ1v) is 3.63. The van der Waals surface area contributed by atoms with Gasteiger partial charge in [0.15, 0.2) is 5.78 Å². The van der Waals surface area contributed by atoms with Crippen LogP contribution in [0.1, 0.15) is 17.3 Å². The molecule has 0 aromatic carbocycles. The van der Waals surface area contributed by atoms with Crippen molar-refractivity contribution in [3.05, 3.63) is 30.3 Å². The van der Waals surface area contributed by atoms with Gasteiger partial charge in [-0.25, -0.2) is 0 Å². The van der Waals surface area contributed by atoms with Crippen LogP contribution in [0.3, 0.4) is 0 Å². The minimum absolute atomic E-state index is 0. The molecule has 0 fully saturated rings. The summed E-state index contributed by atoms with van der Waals surface area (Å²) < 4.78 is 1.63. The van der Waals surface area contributed by atoms with Gasteiger partial charge >= 0.3 is 29.6 Å². The van der Waals surface area contributed by atoms with Gasteiger partial charge in [-0.3, -0.25) is 9.48 Å². The van der Waals surface area contributed by atoms with Crippen LogP contribution in [0.4, 0.5) is 0 Å². The fraction of sp³-hybridized carbons (Fsp3) is 0.250. The molecular formula is C8H9N2NaO2. The Morgan fingerprint density at radius 1 is 1.77 bits per heavy atom. The van der Waals surface area contributed by atoms with Crippen LogP contribution in [0.2, 0.25) is 0 Å². The quantitative estimate of drug-likeness (QED) is 0.219. The number of nitrogens with zero attached hydrogens (tertiary/aromatic N) is 2. The molecule has 5 heteroatoms. The summed E-state index contributed by atoms with van der Waals surface area (Å²) in [7, 11) is 0. The third-order valence-electron chi connectivity index (χ3n) is 1.46. The van der Waals surface area contributed by atoms with E-state index in [1.165, 1.54) is 6.20 Å². The van der Waals surface area contributed by atoms with E-state index in [2.05, 4.69) is 5.10 Å². The molecule has 0 amide bonds. The van der Waals surface area contributed by atoms with E-state index in [4.69, 9.17) is 0 Å². The summed E-state index contributed by atoms with van der Waals surface area (Å²) in [6.07, 6.45) is 4.52. The minimum Gasteiger partial charge on any atom is -0.878 e. The first kappa shape index (κ1) is 12.4. The van der Waals surface area contributed by atoms with Crippen molar-refractivity contribution in [1.82, 2.24) is 9.78 Å².